The molecule has 0 spiro atoms. The van der Waals surface area contributed by atoms with Crippen LogP contribution in [0.4, 0.5) is 0 Å². The molecule has 1 aromatic heterocycles. The van der Waals surface area contributed by atoms with E-state index in [1.54, 1.807) is 31.5 Å². The highest BCUT2D eigenvalue weighted by atomic mass is 35.5. The number of aryl methyl sites for hydroxylation is 1. The number of carbonyl (C=O) groups is 2. The van der Waals surface area contributed by atoms with Crippen LogP contribution < -0.4 is 5.32 Å². The first-order valence-corrected chi connectivity index (χ1v) is 6.44. The second-order valence-corrected chi connectivity index (χ2v) is 5.88. The Kier molecular flexibility index (Phi) is 4.63. The number of nitrogens with zero attached hydrogens (tertiary/aromatic N) is 1. The van der Waals surface area contributed by atoms with Crippen LogP contribution in [-0.4, -0.2) is 27.6 Å². The zero-order valence-corrected chi connectivity index (χ0v) is 12.3. The van der Waals surface area contributed by atoms with Gasteiger partial charge in [0.25, 0.3) is 5.91 Å². The highest BCUT2D eigenvalue weighted by Gasteiger charge is 2.33. The van der Waals surface area contributed by atoms with Crippen molar-refractivity contribution in [3.05, 3.63) is 23.0 Å². The summed E-state index contributed by atoms with van der Waals surface area (Å²) in [4.78, 5) is 23.4. The molecule has 1 heterocycles. The summed E-state index contributed by atoms with van der Waals surface area (Å²) in [7, 11) is 0. The van der Waals surface area contributed by atoms with Crippen molar-refractivity contribution in [2.45, 2.75) is 40.3 Å². The van der Waals surface area contributed by atoms with Crippen LogP contribution in [0.2, 0.25) is 5.02 Å². The fourth-order valence-corrected chi connectivity index (χ4v) is 2.00. The van der Waals surface area contributed by atoms with Crippen LogP contribution in [0, 0.1) is 5.41 Å². The average Bonchev–Trinajstić information content (AvgIpc) is 2.65. The van der Waals surface area contributed by atoms with Gasteiger partial charge >= 0.3 is 5.97 Å². The van der Waals surface area contributed by atoms with E-state index in [1.165, 1.54) is 6.07 Å². The summed E-state index contributed by atoms with van der Waals surface area (Å²) in [5.74, 6) is -1.49. The number of nitrogens with one attached hydrogen (secondary N) is 1. The van der Waals surface area contributed by atoms with Gasteiger partial charge in [-0.2, -0.15) is 0 Å². The van der Waals surface area contributed by atoms with Crippen LogP contribution in [0.25, 0.3) is 0 Å². The van der Waals surface area contributed by atoms with Crippen LogP contribution >= 0.6 is 11.6 Å². The SMILES string of the molecule is CCn1cc(Cl)cc1C(=O)N[C@H](C(=O)O)C(C)(C)C. The zero-order valence-electron chi connectivity index (χ0n) is 11.5. The minimum atomic E-state index is -1.05. The standard InChI is InChI=1S/C13H19ClN2O3/c1-5-16-7-8(14)6-9(16)11(17)15-10(12(18)19)13(2,3)4/h6-7,10H,5H2,1-4H3,(H,15,17)(H,18,19)/t10-/m1/s1. The largest absolute Gasteiger partial charge is 0.480 e. The highest BCUT2D eigenvalue weighted by Crippen LogP contribution is 2.21. The molecule has 0 fully saturated rings. The van der Waals surface area contributed by atoms with Gasteiger partial charge in [-0.05, 0) is 18.4 Å². The Hall–Kier alpha value is -1.49. The maximum absolute atomic E-state index is 12.1. The number of halogens is 1. The Morgan fingerprint density at radius 2 is 2.05 bits per heavy atom. The minimum Gasteiger partial charge on any atom is -0.480 e. The van der Waals surface area contributed by atoms with Crippen molar-refractivity contribution in [1.82, 2.24) is 9.88 Å². The molecule has 1 rings (SSSR count). The number of carboxylic acids is 1. The van der Waals surface area contributed by atoms with E-state index in [9.17, 15) is 14.7 Å². The van der Waals surface area contributed by atoms with E-state index < -0.39 is 23.3 Å². The molecular weight excluding hydrogens is 268 g/mol. The third-order valence-corrected chi connectivity index (χ3v) is 3.03. The van der Waals surface area contributed by atoms with E-state index >= 15 is 0 Å². The number of carboxylic acid groups (broad SMARTS) is 1. The number of rotatable bonds is 4. The van der Waals surface area contributed by atoms with Crippen LogP contribution in [0.1, 0.15) is 38.2 Å². The van der Waals surface area contributed by atoms with Gasteiger partial charge in [0.2, 0.25) is 0 Å². The molecular formula is C13H19ClN2O3. The molecule has 1 atom stereocenters. The molecule has 0 bridgehead atoms. The number of carbonyl (C=O) groups excluding carboxylic acids is 1. The van der Waals surface area contributed by atoms with Gasteiger partial charge < -0.3 is 15.0 Å². The second kappa shape index (κ2) is 5.65. The Labute approximate surface area is 117 Å². The Morgan fingerprint density at radius 3 is 2.47 bits per heavy atom. The monoisotopic (exact) mass is 286 g/mol. The maximum atomic E-state index is 12.1. The fourth-order valence-electron chi connectivity index (χ4n) is 1.78. The maximum Gasteiger partial charge on any atom is 0.326 e. The summed E-state index contributed by atoms with van der Waals surface area (Å²) in [5.41, 5.74) is -0.211. The van der Waals surface area contributed by atoms with Crippen molar-refractivity contribution >= 4 is 23.5 Å². The average molecular weight is 287 g/mol. The van der Waals surface area contributed by atoms with E-state index in [0.29, 0.717) is 17.3 Å². The van der Waals surface area contributed by atoms with E-state index in [2.05, 4.69) is 5.32 Å². The summed E-state index contributed by atoms with van der Waals surface area (Å²) in [6.07, 6.45) is 1.64. The molecule has 6 heteroatoms. The van der Waals surface area contributed by atoms with E-state index in [1.807, 2.05) is 6.92 Å². The molecule has 0 aliphatic carbocycles. The predicted molar refractivity (Wildman–Crippen MR) is 73.5 cm³/mol. The molecule has 19 heavy (non-hydrogen) atoms. The number of hydrogen-bond acceptors (Lipinski definition) is 2. The summed E-state index contributed by atoms with van der Waals surface area (Å²) in [5, 5.41) is 12.2. The van der Waals surface area contributed by atoms with Crippen molar-refractivity contribution in [3.63, 3.8) is 0 Å². The number of hydrogen-bond donors (Lipinski definition) is 2. The van der Waals surface area contributed by atoms with Crippen LogP contribution in [0.5, 0.6) is 0 Å². The number of aromatic nitrogens is 1. The smallest absolute Gasteiger partial charge is 0.326 e. The lowest BCUT2D eigenvalue weighted by molar-refractivity contribution is -0.142. The fraction of sp³-hybridized carbons (Fsp3) is 0.538. The molecule has 2 N–H and O–H groups in total. The Balaban J connectivity index is 2.97. The minimum absolute atomic E-state index is 0.364. The van der Waals surface area contributed by atoms with E-state index in [4.69, 9.17) is 11.6 Å². The molecule has 0 saturated carbocycles. The van der Waals surface area contributed by atoms with Gasteiger partial charge in [-0.25, -0.2) is 4.79 Å². The predicted octanol–water partition coefficient (Wildman–Crippen LogP) is 2.39. The molecule has 0 unspecified atom stereocenters. The molecule has 0 saturated heterocycles. The van der Waals surface area contributed by atoms with Gasteiger partial charge in [0.05, 0.1) is 5.02 Å². The lowest BCUT2D eigenvalue weighted by atomic mass is 9.86. The Bertz CT molecular complexity index is 489. The molecule has 106 valence electrons. The van der Waals surface area contributed by atoms with Crippen molar-refractivity contribution < 1.29 is 14.7 Å². The van der Waals surface area contributed by atoms with Gasteiger partial charge in [0, 0.05) is 12.7 Å². The first kappa shape index (κ1) is 15.6. The molecule has 0 aliphatic heterocycles. The third-order valence-electron chi connectivity index (χ3n) is 2.82. The first-order valence-electron chi connectivity index (χ1n) is 6.06. The van der Waals surface area contributed by atoms with Gasteiger partial charge in [0.15, 0.2) is 0 Å². The van der Waals surface area contributed by atoms with Crippen LogP contribution in [0.15, 0.2) is 12.3 Å². The zero-order chi connectivity index (χ0) is 14.8. The summed E-state index contributed by atoms with van der Waals surface area (Å²) in [6, 6.07) is 0.570. The third kappa shape index (κ3) is 3.73. The lowest BCUT2D eigenvalue weighted by Crippen LogP contribution is -2.49. The van der Waals surface area contributed by atoms with E-state index in [0.717, 1.165) is 0 Å². The van der Waals surface area contributed by atoms with Gasteiger partial charge in [-0.15, -0.1) is 0 Å². The number of amides is 1. The molecule has 0 aromatic carbocycles. The molecule has 0 radical (unpaired) electrons. The van der Waals surface area contributed by atoms with Gasteiger partial charge in [-0.1, -0.05) is 32.4 Å². The molecule has 1 amide bonds. The molecule has 1 aromatic rings. The summed E-state index contributed by atoms with van der Waals surface area (Å²) >= 11 is 5.86. The quantitative estimate of drug-likeness (QED) is 0.893. The topological polar surface area (TPSA) is 71.3 Å². The van der Waals surface area contributed by atoms with E-state index in [-0.39, 0.29) is 0 Å². The van der Waals surface area contributed by atoms with Crippen molar-refractivity contribution in [3.8, 4) is 0 Å². The Morgan fingerprint density at radius 1 is 1.47 bits per heavy atom. The molecule has 0 aliphatic rings. The summed E-state index contributed by atoms with van der Waals surface area (Å²) in [6.45, 7) is 7.75. The summed E-state index contributed by atoms with van der Waals surface area (Å²) < 4.78 is 1.68. The number of aliphatic carboxylic acids is 1. The second-order valence-electron chi connectivity index (χ2n) is 5.44. The first-order chi connectivity index (χ1) is 8.66. The lowest BCUT2D eigenvalue weighted by Gasteiger charge is -2.27. The molecule has 5 nitrogen and oxygen atoms in total. The van der Waals surface area contributed by atoms with Crippen LogP contribution in [0.3, 0.4) is 0 Å². The normalized spacial score (nSPS) is 13.1. The van der Waals surface area contributed by atoms with Crippen molar-refractivity contribution in [1.29, 1.82) is 0 Å². The van der Waals surface area contributed by atoms with Crippen LogP contribution in [-0.2, 0) is 11.3 Å². The van der Waals surface area contributed by atoms with Gasteiger partial charge in [-0.3, -0.25) is 4.79 Å². The van der Waals surface area contributed by atoms with Crippen molar-refractivity contribution in [2.75, 3.05) is 0 Å². The van der Waals surface area contributed by atoms with Crippen molar-refractivity contribution in [2.24, 2.45) is 5.41 Å². The highest BCUT2D eigenvalue weighted by molar-refractivity contribution is 6.31. The van der Waals surface area contributed by atoms with Gasteiger partial charge in [0.1, 0.15) is 11.7 Å².